The summed E-state index contributed by atoms with van der Waals surface area (Å²) >= 11 is 0. The van der Waals surface area contributed by atoms with E-state index in [0.717, 1.165) is 0 Å². The van der Waals surface area contributed by atoms with E-state index in [1.165, 1.54) is 11.1 Å². The van der Waals surface area contributed by atoms with Crippen LogP contribution in [-0.2, 0) is 0 Å². The third kappa shape index (κ3) is 1.07. The molecule has 9 heavy (non-hydrogen) atoms. The average molecular weight is 122 g/mol. The van der Waals surface area contributed by atoms with Crippen LogP contribution >= 0.6 is 0 Å². The van der Waals surface area contributed by atoms with Crippen molar-refractivity contribution in [3.05, 3.63) is 23.3 Å². The average Bonchev–Trinajstić information content (AvgIpc) is 1.79. The zero-order chi connectivity index (χ0) is 7.07. The predicted molar refractivity (Wildman–Crippen MR) is 41.3 cm³/mol. The molecule has 0 N–H and O–H groups in total. The molecule has 0 heterocycles. The van der Waals surface area contributed by atoms with Crippen LogP contribution < -0.4 is 0 Å². The lowest BCUT2D eigenvalue weighted by Gasteiger charge is -2.16. The molecule has 0 aliphatic heterocycles. The Labute approximate surface area is 57.3 Å². The van der Waals surface area contributed by atoms with Crippen LogP contribution in [0.3, 0.4) is 0 Å². The zero-order valence-corrected chi connectivity index (χ0v) is 6.65. The van der Waals surface area contributed by atoms with Crippen LogP contribution in [0.2, 0.25) is 0 Å². The minimum absolute atomic E-state index is 0.323. The van der Waals surface area contributed by atoms with Crippen molar-refractivity contribution in [2.45, 2.75) is 27.7 Å². The summed E-state index contributed by atoms with van der Waals surface area (Å²) in [4.78, 5) is 0. The second-order valence-electron chi connectivity index (χ2n) is 3.44. The van der Waals surface area contributed by atoms with Crippen molar-refractivity contribution >= 4 is 0 Å². The fourth-order valence-corrected chi connectivity index (χ4v) is 1.25. The number of hydrogen-bond donors (Lipinski definition) is 0. The molecule has 0 saturated heterocycles. The maximum absolute atomic E-state index is 2.31. The number of rotatable bonds is 0. The summed E-state index contributed by atoms with van der Waals surface area (Å²) < 4.78 is 0. The van der Waals surface area contributed by atoms with Crippen LogP contribution in [0, 0.1) is 5.41 Å². The second-order valence-corrected chi connectivity index (χ2v) is 3.44. The molecule has 0 atom stereocenters. The van der Waals surface area contributed by atoms with Crippen LogP contribution in [0.5, 0.6) is 0 Å². The van der Waals surface area contributed by atoms with Crippen molar-refractivity contribution in [1.82, 2.24) is 0 Å². The minimum Gasteiger partial charge on any atom is -0.0719 e. The van der Waals surface area contributed by atoms with Crippen molar-refractivity contribution in [3.63, 3.8) is 0 Å². The molecule has 0 aromatic rings. The molecule has 1 aliphatic rings. The summed E-state index contributed by atoms with van der Waals surface area (Å²) in [6, 6.07) is 0. The fraction of sp³-hybridized carbons (Fsp3) is 0.556. The predicted octanol–water partition coefficient (Wildman–Crippen LogP) is 2.92. The molecule has 0 unspecified atom stereocenters. The van der Waals surface area contributed by atoms with Crippen molar-refractivity contribution < 1.29 is 0 Å². The molecule has 0 fully saturated rings. The van der Waals surface area contributed by atoms with Gasteiger partial charge in [0, 0.05) is 5.41 Å². The van der Waals surface area contributed by atoms with Gasteiger partial charge in [-0.05, 0) is 13.8 Å². The smallest absolute Gasteiger partial charge is 0.00403 e. The largest absolute Gasteiger partial charge is 0.0719 e. The van der Waals surface area contributed by atoms with Crippen molar-refractivity contribution in [2.75, 3.05) is 0 Å². The van der Waals surface area contributed by atoms with E-state index in [1.807, 2.05) is 0 Å². The van der Waals surface area contributed by atoms with Crippen molar-refractivity contribution in [1.29, 1.82) is 0 Å². The Morgan fingerprint density at radius 2 is 1.78 bits per heavy atom. The highest BCUT2D eigenvalue weighted by molar-refractivity contribution is 5.36. The molecule has 0 bridgehead atoms. The highest BCUT2D eigenvalue weighted by Crippen LogP contribution is 2.34. The first kappa shape index (κ1) is 6.60. The monoisotopic (exact) mass is 122 g/mol. The van der Waals surface area contributed by atoms with Gasteiger partial charge in [-0.1, -0.05) is 37.1 Å². The Kier molecular flexibility index (Phi) is 1.27. The Morgan fingerprint density at radius 1 is 1.22 bits per heavy atom. The van der Waals surface area contributed by atoms with Gasteiger partial charge in [0.15, 0.2) is 0 Å². The first-order chi connectivity index (χ1) is 4.02. The summed E-state index contributed by atoms with van der Waals surface area (Å²) in [7, 11) is 0. The standard InChI is InChI=1S/C9H14/c1-7-5-8(2)9(3,4)6-7/h5-6H,1-4H3. The Bertz CT molecular complexity index is 180. The molecule has 0 nitrogen and oxygen atoms in total. The van der Waals surface area contributed by atoms with E-state index in [2.05, 4.69) is 39.8 Å². The lowest BCUT2D eigenvalue weighted by atomic mass is 9.89. The molecular formula is C9H14. The molecule has 50 valence electrons. The molecule has 0 spiro atoms. The number of hydrogen-bond acceptors (Lipinski definition) is 0. The molecule has 0 amide bonds. The van der Waals surface area contributed by atoms with E-state index in [9.17, 15) is 0 Å². The highest BCUT2D eigenvalue weighted by atomic mass is 14.3. The molecular weight excluding hydrogens is 108 g/mol. The van der Waals surface area contributed by atoms with Crippen LogP contribution in [0.25, 0.3) is 0 Å². The molecule has 1 rings (SSSR count). The summed E-state index contributed by atoms with van der Waals surface area (Å²) in [5, 5.41) is 0. The molecule has 0 aromatic carbocycles. The third-order valence-corrected chi connectivity index (χ3v) is 2.05. The Balaban J connectivity index is 2.96. The lowest BCUT2D eigenvalue weighted by Crippen LogP contribution is -2.04. The van der Waals surface area contributed by atoms with E-state index in [1.54, 1.807) is 0 Å². The highest BCUT2D eigenvalue weighted by Gasteiger charge is 2.20. The van der Waals surface area contributed by atoms with Gasteiger partial charge in [-0.2, -0.15) is 0 Å². The summed E-state index contributed by atoms with van der Waals surface area (Å²) in [5.41, 5.74) is 3.20. The Morgan fingerprint density at radius 3 is 1.89 bits per heavy atom. The minimum atomic E-state index is 0.323. The quantitative estimate of drug-likeness (QED) is 0.463. The topological polar surface area (TPSA) is 0 Å². The van der Waals surface area contributed by atoms with E-state index < -0.39 is 0 Å². The van der Waals surface area contributed by atoms with E-state index in [4.69, 9.17) is 0 Å². The van der Waals surface area contributed by atoms with Gasteiger partial charge in [-0.3, -0.25) is 0 Å². The second kappa shape index (κ2) is 1.73. The Hall–Kier alpha value is -0.520. The van der Waals surface area contributed by atoms with E-state index in [-0.39, 0.29) is 0 Å². The van der Waals surface area contributed by atoms with Gasteiger partial charge in [-0.15, -0.1) is 0 Å². The summed E-state index contributed by atoms with van der Waals surface area (Å²) in [6.07, 6.45) is 4.56. The molecule has 0 aromatic heterocycles. The maximum atomic E-state index is 2.31. The molecule has 0 radical (unpaired) electrons. The molecule has 0 saturated carbocycles. The molecule has 1 aliphatic carbocycles. The van der Waals surface area contributed by atoms with E-state index in [0.29, 0.717) is 5.41 Å². The first-order valence-corrected chi connectivity index (χ1v) is 3.40. The van der Waals surface area contributed by atoms with Gasteiger partial charge in [-0.25, -0.2) is 0 Å². The van der Waals surface area contributed by atoms with Crippen LogP contribution in [-0.4, -0.2) is 0 Å². The van der Waals surface area contributed by atoms with Gasteiger partial charge >= 0.3 is 0 Å². The van der Waals surface area contributed by atoms with Crippen LogP contribution in [0.1, 0.15) is 27.7 Å². The fourth-order valence-electron chi connectivity index (χ4n) is 1.25. The van der Waals surface area contributed by atoms with Gasteiger partial charge in [0.05, 0.1) is 0 Å². The van der Waals surface area contributed by atoms with Crippen molar-refractivity contribution in [3.8, 4) is 0 Å². The van der Waals surface area contributed by atoms with Gasteiger partial charge in [0.25, 0.3) is 0 Å². The van der Waals surface area contributed by atoms with Crippen molar-refractivity contribution in [2.24, 2.45) is 5.41 Å². The number of allylic oxidation sites excluding steroid dienone is 4. The normalized spacial score (nSPS) is 23.6. The lowest BCUT2D eigenvalue weighted by molar-refractivity contribution is 0.590. The van der Waals surface area contributed by atoms with Gasteiger partial charge in [0.2, 0.25) is 0 Å². The maximum Gasteiger partial charge on any atom is 0.00403 e. The van der Waals surface area contributed by atoms with Crippen LogP contribution in [0.4, 0.5) is 0 Å². The summed E-state index contributed by atoms with van der Waals surface area (Å²) in [6.45, 7) is 8.83. The zero-order valence-electron chi connectivity index (χ0n) is 6.65. The first-order valence-electron chi connectivity index (χ1n) is 3.40. The van der Waals surface area contributed by atoms with E-state index >= 15 is 0 Å². The third-order valence-electron chi connectivity index (χ3n) is 2.05. The van der Waals surface area contributed by atoms with Gasteiger partial charge in [0.1, 0.15) is 0 Å². The van der Waals surface area contributed by atoms with Gasteiger partial charge < -0.3 is 0 Å². The SMILES string of the molecule is CC1=CC(C)(C)C(C)=C1. The molecule has 0 heteroatoms. The van der Waals surface area contributed by atoms with Crippen LogP contribution in [0.15, 0.2) is 23.3 Å². The summed E-state index contributed by atoms with van der Waals surface area (Å²) in [5.74, 6) is 0.